The summed E-state index contributed by atoms with van der Waals surface area (Å²) in [6.45, 7) is 6.09. The Balaban J connectivity index is 1.56. The Morgan fingerprint density at radius 3 is 2.41 bits per heavy atom. The lowest BCUT2D eigenvalue weighted by Crippen LogP contribution is -2.44. The van der Waals surface area contributed by atoms with Crippen LogP contribution in [0.2, 0.25) is 0 Å². The number of fused-ring (bicyclic) bond motifs is 1. The summed E-state index contributed by atoms with van der Waals surface area (Å²) in [5, 5.41) is 17.8. The highest BCUT2D eigenvalue weighted by Gasteiger charge is 2.36. The molecule has 1 saturated heterocycles. The number of carbonyl (C=O) groups is 2. The van der Waals surface area contributed by atoms with E-state index in [2.05, 4.69) is 15.2 Å². The van der Waals surface area contributed by atoms with Crippen molar-refractivity contribution in [1.29, 1.82) is 0 Å². The number of alkyl halides is 3. The molecule has 0 spiro atoms. The molecule has 4 rings (SSSR count). The van der Waals surface area contributed by atoms with Gasteiger partial charge in [0.2, 0.25) is 11.8 Å². The predicted octanol–water partition coefficient (Wildman–Crippen LogP) is 2.46. The molecule has 0 bridgehead atoms. The molecule has 2 aromatic rings. The van der Waals surface area contributed by atoms with Crippen molar-refractivity contribution >= 4 is 17.5 Å². The van der Waals surface area contributed by atoms with Gasteiger partial charge in [-0.1, -0.05) is 20.8 Å². The van der Waals surface area contributed by atoms with E-state index in [4.69, 9.17) is 0 Å². The van der Waals surface area contributed by atoms with Crippen LogP contribution < -0.4 is 10.9 Å². The Morgan fingerprint density at radius 1 is 1.19 bits per heavy atom. The second-order valence-electron chi connectivity index (χ2n) is 10.4. The van der Waals surface area contributed by atoms with Gasteiger partial charge in [-0.3, -0.25) is 23.7 Å². The number of hydrogen-bond donors (Lipinski definition) is 2. The third kappa shape index (κ3) is 6.08. The van der Waals surface area contributed by atoms with Crippen LogP contribution in [0, 0.1) is 11.8 Å². The molecule has 1 aliphatic carbocycles. The molecule has 37 heavy (non-hydrogen) atoms. The Bertz CT molecular complexity index is 1230. The van der Waals surface area contributed by atoms with Crippen molar-refractivity contribution in [2.45, 2.75) is 77.9 Å². The summed E-state index contributed by atoms with van der Waals surface area (Å²) in [4.78, 5) is 40.7. The van der Waals surface area contributed by atoms with Crippen molar-refractivity contribution in [1.82, 2.24) is 24.4 Å². The van der Waals surface area contributed by atoms with Crippen LogP contribution in [0.25, 0.3) is 5.65 Å². The van der Waals surface area contributed by atoms with Crippen LogP contribution in [0.1, 0.15) is 62.4 Å². The second kappa shape index (κ2) is 10.3. The number of aromatic nitrogens is 3. The van der Waals surface area contributed by atoms with Gasteiger partial charge >= 0.3 is 6.36 Å². The maximum absolute atomic E-state index is 13.4. The van der Waals surface area contributed by atoms with Crippen LogP contribution in [0.3, 0.4) is 0 Å². The van der Waals surface area contributed by atoms with Crippen molar-refractivity contribution in [3.05, 3.63) is 27.7 Å². The average Bonchev–Trinajstić information content (AvgIpc) is 3.52. The minimum Gasteiger partial charge on any atom is -0.492 e. The average molecular weight is 528 g/mol. The van der Waals surface area contributed by atoms with E-state index >= 15 is 0 Å². The molecule has 1 atom stereocenters. The first-order valence-corrected chi connectivity index (χ1v) is 12.5. The van der Waals surface area contributed by atoms with E-state index in [0.29, 0.717) is 11.2 Å². The van der Waals surface area contributed by atoms with Crippen molar-refractivity contribution in [2.24, 2.45) is 11.8 Å². The summed E-state index contributed by atoms with van der Waals surface area (Å²) < 4.78 is 44.1. The third-order valence-corrected chi connectivity index (χ3v) is 6.64. The molecule has 13 heteroatoms. The molecule has 2 fully saturated rings. The fraction of sp³-hybridized carbons (Fsp3) is 0.667. The number of aromatic hydroxyl groups is 1. The molecule has 2 N–H and O–H groups in total. The van der Waals surface area contributed by atoms with Crippen LogP contribution in [0.5, 0.6) is 5.88 Å². The zero-order valence-corrected chi connectivity index (χ0v) is 21.0. The normalized spacial score (nSPS) is 18.0. The van der Waals surface area contributed by atoms with Crippen molar-refractivity contribution in [2.75, 3.05) is 13.1 Å². The van der Waals surface area contributed by atoms with Crippen LogP contribution in [-0.2, 0) is 22.5 Å². The number of nitrogens with zero attached hydrogens (tertiary/aromatic N) is 4. The zero-order valence-electron chi connectivity index (χ0n) is 21.0. The zero-order chi connectivity index (χ0) is 27.1. The van der Waals surface area contributed by atoms with E-state index in [1.807, 2.05) is 13.8 Å². The number of nitrogens with one attached hydrogen (secondary N) is 1. The first kappa shape index (κ1) is 27.0. The molecular weight excluding hydrogens is 495 g/mol. The number of likely N-dealkylation sites (tertiary alicyclic amines) is 1. The Kier molecular flexibility index (Phi) is 7.54. The van der Waals surface area contributed by atoms with Gasteiger partial charge in [-0.15, -0.1) is 13.2 Å². The van der Waals surface area contributed by atoms with Gasteiger partial charge in [0.15, 0.2) is 5.56 Å². The number of hydrogen-bond acceptors (Lipinski definition) is 6. The van der Waals surface area contributed by atoms with Gasteiger partial charge in [-0.05, 0) is 38.0 Å². The molecule has 2 aromatic heterocycles. The van der Waals surface area contributed by atoms with E-state index in [9.17, 15) is 32.7 Å². The first-order valence-electron chi connectivity index (χ1n) is 12.5. The summed E-state index contributed by atoms with van der Waals surface area (Å²) in [6.07, 6.45) is -2.22. The summed E-state index contributed by atoms with van der Waals surface area (Å²) in [6, 6.07) is -0.00863. The highest BCUT2D eigenvalue weighted by atomic mass is 19.4. The number of carbonyl (C=O) groups excluding carboxylic acids is 2. The van der Waals surface area contributed by atoms with Crippen LogP contribution in [0.15, 0.2) is 11.0 Å². The quantitative estimate of drug-likeness (QED) is 0.545. The van der Waals surface area contributed by atoms with Gasteiger partial charge < -0.3 is 15.3 Å². The predicted molar refractivity (Wildman–Crippen MR) is 126 cm³/mol. The topological polar surface area (TPSA) is 118 Å². The fourth-order valence-electron chi connectivity index (χ4n) is 4.73. The molecule has 10 nitrogen and oxygen atoms in total. The Morgan fingerprint density at radius 2 is 1.84 bits per heavy atom. The summed E-state index contributed by atoms with van der Waals surface area (Å²) in [7, 11) is 0. The minimum atomic E-state index is -4.70. The standard InChI is InChI=1S/C24H32F3N5O5/c1-13(2)12-31-20-15(10-14(3)21(34)30-8-6-17(7-9-30)37-24(25,26)27)11-28-32(20)23(36)18(22(31)35)19(33)29-16-4-5-16/h11,13-14,16-17,36H,4-10,12H2,1-3H3,(H,29,33). The third-order valence-electron chi connectivity index (χ3n) is 6.64. The Labute approximate surface area is 211 Å². The number of halogens is 3. The van der Waals surface area contributed by atoms with E-state index in [1.165, 1.54) is 15.7 Å². The maximum Gasteiger partial charge on any atom is 0.522 e. The smallest absolute Gasteiger partial charge is 0.492 e. The van der Waals surface area contributed by atoms with E-state index in [-0.39, 0.29) is 62.3 Å². The molecule has 1 saturated carbocycles. The first-order chi connectivity index (χ1) is 17.4. The molecule has 3 heterocycles. The van der Waals surface area contributed by atoms with Gasteiger partial charge in [0.1, 0.15) is 5.65 Å². The summed E-state index contributed by atoms with van der Waals surface area (Å²) >= 11 is 0. The Hall–Kier alpha value is -3.09. The molecule has 1 unspecified atom stereocenters. The highest BCUT2D eigenvalue weighted by molar-refractivity contribution is 5.96. The lowest BCUT2D eigenvalue weighted by molar-refractivity contribution is -0.345. The van der Waals surface area contributed by atoms with Gasteiger partial charge in [0, 0.05) is 37.2 Å². The SMILES string of the molecule is CC(C)Cn1c(=O)c(C(=O)NC2CC2)c(O)n2ncc(CC(C)C(=O)N3CCC(OC(F)(F)F)CC3)c12. The monoisotopic (exact) mass is 527 g/mol. The van der Waals surface area contributed by atoms with Crippen molar-refractivity contribution in [3.8, 4) is 5.88 Å². The number of amides is 2. The van der Waals surface area contributed by atoms with Gasteiger partial charge in [-0.25, -0.2) is 0 Å². The largest absolute Gasteiger partial charge is 0.522 e. The van der Waals surface area contributed by atoms with Crippen LogP contribution in [0.4, 0.5) is 13.2 Å². The van der Waals surface area contributed by atoms with Crippen molar-refractivity contribution < 1.29 is 32.6 Å². The number of ether oxygens (including phenoxy) is 1. The summed E-state index contributed by atoms with van der Waals surface area (Å²) in [5.74, 6) is -1.96. The highest BCUT2D eigenvalue weighted by Crippen LogP contribution is 2.27. The van der Waals surface area contributed by atoms with Crippen LogP contribution in [-0.4, -0.2) is 67.6 Å². The number of rotatable bonds is 8. The number of piperidine rings is 1. The van der Waals surface area contributed by atoms with E-state index < -0.39 is 35.7 Å². The minimum absolute atomic E-state index is 0.00863. The lowest BCUT2D eigenvalue weighted by Gasteiger charge is -2.33. The lowest BCUT2D eigenvalue weighted by atomic mass is 9.99. The van der Waals surface area contributed by atoms with Crippen LogP contribution >= 0.6 is 0 Å². The van der Waals surface area contributed by atoms with E-state index in [1.54, 1.807) is 6.92 Å². The molecule has 0 aromatic carbocycles. The summed E-state index contributed by atoms with van der Waals surface area (Å²) in [5.41, 5.74) is -0.165. The molecule has 2 aliphatic rings. The second-order valence-corrected chi connectivity index (χ2v) is 10.4. The van der Waals surface area contributed by atoms with Crippen molar-refractivity contribution in [3.63, 3.8) is 0 Å². The maximum atomic E-state index is 13.4. The molecule has 2 amide bonds. The molecule has 1 aliphatic heterocycles. The van der Waals surface area contributed by atoms with Gasteiger partial charge in [-0.2, -0.15) is 9.61 Å². The van der Waals surface area contributed by atoms with E-state index in [0.717, 1.165) is 17.4 Å². The van der Waals surface area contributed by atoms with Gasteiger partial charge in [0.05, 0.1) is 12.3 Å². The molecule has 204 valence electrons. The molecular formula is C24H32F3N5O5. The molecule has 0 radical (unpaired) electrons. The van der Waals surface area contributed by atoms with Gasteiger partial charge in [0.25, 0.3) is 11.5 Å². The fourth-order valence-corrected chi connectivity index (χ4v) is 4.73.